The van der Waals surface area contributed by atoms with Crippen LogP contribution in [-0.2, 0) is 16.2 Å². The molecule has 0 unspecified atom stereocenters. The van der Waals surface area contributed by atoms with E-state index in [1.165, 1.54) is 4.68 Å². The van der Waals surface area contributed by atoms with Crippen LogP contribution in [0.2, 0.25) is 5.02 Å². The fraction of sp³-hybridized carbons (Fsp3) is 0.278. The zero-order valence-corrected chi connectivity index (χ0v) is 17.4. The lowest BCUT2D eigenvalue weighted by atomic mass is 10.2. The van der Waals surface area contributed by atoms with Crippen LogP contribution in [0.5, 0.6) is 0 Å². The molecule has 0 bridgehead atoms. The quantitative estimate of drug-likeness (QED) is 0.580. The third kappa shape index (κ3) is 4.23. The van der Waals surface area contributed by atoms with Crippen LogP contribution in [0, 0.1) is 0 Å². The van der Waals surface area contributed by atoms with Gasteiger partial charge in [0.15, 0.2) is 0 Å². The highest BCUT2D eigenvalue weighted by Crippen LogP contribution is 2.34. The molecular formula is C18H16ClF3N6O2S. The van der Waals surface area contributed by atoms with Crippen LogP contribution in [0.25, 0.3) is 5.69 Å². The smallest absolute Gasteiger partial charge is 0.337 e. The lowest BCUT2D eigenvalue weighted by Gasteiger charge is -2.34. The molecule has 0 saturated carbocycles. The van der Waals surface area contributed by atoms with Crippen LogP contribution >= 0.6 is 11.6 Å². The second-order valence-corrected chi connectivity index (χ2v) is 9.07. The molecule has 31 heavy (non-hydrogen) atoms. The molecule has 0 amide bonds. The predicted octanol–water partition coefficient (Wildman–Crippen LogP) is 2.85. The zero-order valence-electron chi connectivity index (χ0n) is 15.9. The van der Waals surface area contributed by atoms with Gasteiger partial charge in [-0.1, -0.05) is 34.9 Å². The molecule has 1 aliphatic heterocycles. The van der Waals surface area contributed by atoms with Gasteiger partial charge in [-0.2, -0.15) is 22.2 Å². The Morgan fingerprint density at radius 3 is 2.29 bits per heavy atom. The molecule has 0 radical (unpaired) electrons. The molecule has 13 heteroatoms. The van der Waals surface area contributed by atoms with E-state index >= 15 is 0 Å². The van der Waals surface area contributed by atoms with Gasteiger partial charge in [0.05, 0.1) is 16.3 Å². The molecule has 1 fully saturated rings. The second-order valence-electron chi connectivity index (χ2n) is 6.76. The highest BCUT2D eigenvalue weighted by Gasteiger charge is 2.36. The van der Waals surface area contributed by atoms with E-state index in [9.17, 15) is 21.6 Å². The first-order valence-electron chi connectivity index (χ1n) is 9.13. The number of anilines is 1. The number of hydrogen-bond donors (Lipinski definition) is 0. The molecule has 2 aromatic carbocycles. The Labute approximate surface area is 180 Å². The van der Waals surface area contributed by atoms with E-state index in [0.717, 1.165) is 22.1 Å². The number of tetrazole rings is 1. The van der Waals surface area contributed by atoms with Crippen molar-refractivity contribution in [3.63, 3.8) is 0 Å². The summed E-state index contributed by atoms with van der Waals surface area (Å²) in [5.41, 5.74) is -0.329. The molecule has 4 rings (SSSR count). The Kier molecular flexibility index (Phi) is 5.62. The SMILES string of the molecule is O=S(=O)(c1cc(C(F)(F)F)ccc1Cl)N1CCN(c2nnnn2-c2ccccc2)CC1. The van der Waals surface area contributed by atoms with E-state index in [1.807, 2.05) is 35.2 Å². The maximum Gasteiger partial charge on any atom is 0.416 e. The van der Waals surface area contributed by atoms with Crippen molar-refractivity contribution in [1.29, 1.82) is 0 Å². The molecule has 3 aromatic rings. The third-order valence-corrected chi connectivity index (χ3v) is 7.23. The number of rotatable bonds is 4. The van der Waals surface area contributed by atoms with Gasteiger partial charge in [0, 0.05) is 26.2 Å². The van der Waals surface area contributed by atoms with Crippen LogP contribution in [0.1, 0.15) is 5.56 Å². The topological polar surface area (TPSA) is 84.2 Å². The molecule has 1 saturated heterocycles. The summed E-state index contributed by atoms with van der Waals surface area (Å²) < 4.78 is 67.7. The van der Waals surface area contributed by atoms with E-state index < -0.39 is 26.7 Å². The molecular weight excluding hydrogens is 457 g/mol. The Hall–Kier alpha value is -2.70. The third-order valence-electron chi connectivity index (χ3n) is 4.85. The standard InChI is InChI=1S/C18H16ClF3N6O2S/c19-15-7-6-13(18(20,21)22)12-16(15)31(29,30)27-10-8-26(9-11-27)17-23-24-25-28(17)14-4-2-1-3-5-14/h1-7,12H,8-11H2. The minimum absolute atomic E-state index is 0.0383. The van der Waals surface area contributed by atoms with Gasteiger partial charge < -0.3 is 4.90 Å². The van der Waals surface area contributed by atoms with E-state index in [-0.39, 0.29) is 31.2 Å². The average molecular weight is 473 g/mol. The molecule has 0 spiro atoms. The molecule has 2 heterocycles. The summed E-state index contributed by atoms with van der Waals surface area (Å²) in [5.74, 6) is 0.445. The fourth-order valence-corrected chi connectivity index (χ4v) is 5.18. The first-order valence-corrected chi connectivity index (χ1v) is 11.0. The van der Waals surface area contributed by atoms with E-state index in [1.54, 1.807) is 0 Å². The number of benzene rings is 2. The van der Waals surface area contributed by atoms with Crippen LogP contribution in [0.3, 0.4) is 0 Å². The van der Waals surface area contributed by atoms with Gasteiger partial charge in [0.25, 0.3) is 0 Å². The van der Waals surface area contributed by atoms with Gasteiger partial charge in [-0.15, -0.1) is 0 Å². The van der Waals surface area contributed by atoms with Crippen LogP contribution in [0.4, 0.5) is 19.1 Å². The Balaban J connectivity index is 1.54. The van der Waals surface area contributed by atoms with Crippen molar-refractivity contribution in [1.82, 2.24) is 24.5 Å². The summed E-state index contributed by atoms with van der Waals surface area (Å²) in [4.78, 5) is 1.25. The highest BCUT2D eigenvalue weighted by molar-refractivity contribution is 7.89. The van der Waals surface area contributed by atoms with Crippen LogP contribution in [-0.4, -0.2) is 59.1 Å². The number of hydrogen-bond acceptors (Lipinski definition) is 6. The Morgan fingerprint density at radius 1 is 0.968 bits per heavy atom. The van der Waals surface area contributed by atoms with E-state index in [2.05, 4.69) is 15.5 Å². The summed E-state index contributed by atoms with van der Waals surface area (Å²) >= 11 is 5.94. The summed E-state index contributed by atoms with van der Waals surface area (Å²) in [6, 6.07) is 11.5. The number of para-hydroxylation sites is 1. The maximum atomic E-state index is 13.0. The predicted molar refractivity (Wildman–Crippen MR) is 107 cm³/mol. The largest absolute Gasteiger partial charge is 0.416 e. The summed E-state index contributed by atoms with van der Waals surface area (Å²) in [7, 11) is -4.21. The van der Waals surface area contributed by atoms with Gasteiger partial charge in [0.1, 0.15) is 4.90 Å². The highest BCUT2D eigenvalue weighted by atomic mass is 35.5. The lowest BCUT2D eigenvalue weighted by Crippen LogP contribution is -2.49. The van der Waals surface area contributed by atoms with Gasteiger partial charge in [0.2, 0.25) is 16.0 Å². The number of sulfonamides is 1. The van der Waals surface area contributed by atoms with Gasteiger partial charge in [-0.05, 0) is 40.8 Å². The summed E-state index contributed by atoms with van der Waals surface area (Å²) in [6.07, 6.45) is -4.68. The van der Waals surface area contributed by atoms with Gasteiger partial charge in [-0.25, -0.2) is 8.42 Å². The Bertz CT molecular complexity index is 1180. The number of aromatic nitrogens is 4. The summed E-state index contributed by atoms with van der Waals surface area (Å²) in [5, 5.41) is 11.4. The molecule has 0 atom stereocenters. The normalized spacial score (nSPS) is 15.9. The van der Waals surface area contributed by atoms with Crippen molar-refractivity contribution in [2.24, 2.45) is 0 Å². The average Bonchev–Trinajstić information content (AvgIpc) is 3.24. The molecule has 164 valence electrons. The minimum atomic E-state index is -4.68. The van der Waals surface area contributed by atoms with Crippen molar-refractivity contribution in [3.8, 4) is 5.69 Å². The fourth-order valence-electron chi connectivity index (χ4n) is 3.26. The van der Waals surface area contributed by atoms with Crippen molar-refractivity contribution in [2.75, 3.05) is 31.1 Å². The molecule has 1 aromatic heterocycles. The molecule has 0 N–H and O–H groups in total. The molecule has 8 nitrogen and oxygen atoms in total. The Morgan fingerprint density at radius 2 is 1.65 bits per heavy atom. The van der Waals surface area contributed by atoms with Gasteiger partial charge in [-0.3, -0.25) is 0 Å². The van der Waals surface area contributed by atoms with Crippen molar-refractivity contribution >= 4 is 27.6 Å². The maximum absolute atomic E-state index is 13.0. The number of piperazine rings is 1. The van der Waals surface area contributed by atoms with Crippen molar-refractivity contribution < 1.29 is 21.6 Å². The second kappa shape index (κ2) is 8.09. The van der Waals surface area contributed by atoms with E-state index in [4.69, 9.17) is 11.6 Å². The molecule has 1 aliphatic rings. The summed E-state index contributed by atoms with van der Waals surface area (Å²) in [6.45, 7) is 0.582. The zero-order chi connectivity index (χ0) is 22.2. The monoisotopic (exact) mass is 472 g/mol. The number of halogens is 4. The number of nitrogens with zero attached hydrogens (tertiary/aromatic N) is 6. The first kappa shape index (κ1) is 21.5. The van der Waals surface area contributed by atoms with Crippen molar-refractivity contribution in [3.05, 3.63) is 59.1 Å². The first-order chi connectivity index (χ1) is 14.7. The minimum Gasteiger partial charge on any atom is -0.337 e. The van der Waals surface area contributed by atoms with Crippen molar-refractivity contribution in [2.45, 2.75) is 11.1 Å². The van der Waals surface area contributed by atoms with Gasteiger partial charge >= 0.3 is 6.18 Å². The number of alkyl halides is 3. The van der Waals surface area contributed by atoms with Crippen LogP contribution in [0.15, 0.2) is 53.4 Å². The van der Waals surface area contributed by atoms with Crippen LogP contribution < -0.4 is 4.90 Å². The lowest BCUT2D eigenvalue weighted by molar-refractivity contribution is -0.137. The molecule has 0 aliphatic carbocycles. The van der Waals surface area contributed by atoms with E-state index in [0.29, 0.717) is 12.0 Å².